The summed E-state index contributed by atoms with van der Waals surface area (Å²) in [5.74, 6) is 0.871. The standard InChI is InChI=1S/C16H15ClN6S/c1-2-7-22-10-18-20-14(22)9-23-8-12(19-21-23)16-15(17)11-5-3-4-6-13(11)24-16/h3-6,8,10H,2,7,9H2,1H3. The fraction of sp³-hybridized carbons (Fsp3) is 0.250. The second kappa shape index (κ2) is 6.33. The van der Waals surface area contributed by atoms with Crippen LogP contribution in [0.25, 0.3) is 20.7 Å². The first-order chi connectivity index (χ1) is 11.8. The number of rotatable bonds is 5. The Balaban J connectivity index is 1.64. The minimum atomic E-state index is 0.537. The van der Waals surface area contributed by atoms with E-state index in [4.69, 9.17) is 11.6 Å². The van der Waals surface area contributed by atoms with Crippen LogP contribution in [0.2, 0.25) is 5.02 Å². The van der Waals surface area contributed by atoms with Crippen LogP contribution in [0, 0.1) is 0 Å². The fourth-order valence-corrected chi connectivity index (χ4v) is 4.11. The predicted molar refractivity (Wildman–Crippen MR) is 95.3 cm³/mol. The highest BCUT2D eigenvalue weighted by Gasteiger charge is 2.15. The average molecular weight is 359 g/mol. The highest BCUT2D eigenvalue weighted by Crippen LogP contribution is 2.40. The van der Waals surface area contributed by atoms with Crippen molar-refractivity contribution in [3.8, 4) is 10.6 Å². The minimum Gasteiger partial charge on any atom is -0.316 e. The van der Waals surface area contributed by atoms with Crippen molar-refractivity contribution in [1.29, 1.82) is 0 Å². The molecular formula is C16H15ClN6S. The minimum absolute atomic E-state index is 0.537. The summed E-state index contributed by atoms with van der Waals surface area (Å²) in [4.78, 5) is 0.944. The van der Waals surface area contributed by atoms with Gasteiger partial charge < -0.3 is 4.57 Å². The zero-order valence-electron chi connectivity index (χ0n) is 13.1. The van der Waals surface area contributed by atoms with Gasteiger partial charge in [0.2, 0.25) is 0 Å². The third-order valence-electron chi connectivity index (χ3n) is 3.77. The van der Waals surface area contributed by atoms with Crippen LogP contribution in [0.3, 0.4) is 0 Å². The third-order valence-corrected chi connectivity index (χ3v) is 5.47. The first kappa shape index (κ1) is 15.3. The summed E-state index contributed by atoms with van der Waals surface area (Å²) < 4.78 is 4.95. The highest BCUT2D eigenvalue weighted by atomic mass is 35.5. The van der Waals surface area contributed by atoms with Crippen molar-refractivity contribution in [2.24, 2.45) is 0 Å². The lowest BCUT2D eigenvalue weighted by Crippen LogP contribution is -2.08. The summed E-state index contributed by atoms with van der Waals surface area (Å²) in [7, 11) is 0. The number of benzene rings is 1. The monoisotopic (exact) mass is 358 g/mol. The second-order valence-corrected chi connectivity index (χ2v) is 6.91. The zero-order valence-corrected chi connectivity index (χ0v) is 14.6. The van der Waals surface area contributed by atoms with Crippen molar-refractivity contribution in [3.63, 3.8) is 0 Å². The number of nitrogens with zero attached hydrogens (tertiary/aromatic N) is 6. The van der Waals surface area contributed by atoms with Crippen molar-refractivity contribution in [1.82, 2.24) is 29.8 Å². The smallest absolute Gasteiger partial charge is 0.154 e. The molecule has 0 atom stereocenters. The Kier molecular flexibility index (Phi) is 4.03. The first-order valence-corrected chi connectivity index (χ1v) is 8.90. The fourth-order valence-electron chi connectivity index (χ4n) is 2.63. The van der Waals surface area contributed by atoms with Gasteiger partial charge in [-0.2, -0.15) is 0 Å². The van der Waals surface area contributed by atoms with Crippen LogP contribution in [0.1, 0.15) is 19.2 Å². The quantitative estimate of drug-likeness (QED) is 0.543. The highest BCUT2D eigenvalue weighted by molar-refractivity contribution is 7.23. The second-order valence-electron chi connectivity index (χ2n) is 5.48. The molecule has 0 amide bonds. The molecule has 0 aliphatic heterocycles. The molecule has 0 saturated carbocycles. The van der Waals surface area contributed by atoms with Crippen molar-refractivity contribution in [2.45, 2.75) is 26.4 Å². The topological polar surface area (TPSA) is 61.4 Å². The number of aryl methyl sites for hydroxylation is 1. The number of aromatic nitrogens is 6. The molecule has 0 unspecified atom stereocenters. The van der Waals surface area contributed by atoms with E-state index in [-0.39, 0.29) is 0 Å². The Morgan fingerprint density at radius 1 is 1.21 bits per heavy atom. The SMILES string of the molecule is CCCn1cnnc1Cn1cc(-c2sc3ccccc3c2Cl)nn1. The Hall–Kier alpha value is -2.25. The van der Waals surface area contributed by atoms with E-state index < -0.39 is 0 Å². The molecule has 3 heterocycles. The van der Waals surface area contributed by atoms with Gasteiger partial charge in [0.05, 0.1) is 16.1 Å². The molecule has 0 radical (unpaired) electrons. The summed E-state index contributed by atoms with van der Waals surface area (Å²) in [5, 5.41) is 18.4. The maximum atomic E-state index is 6.52. The molecule has 6 nitrogen and oxygen atoms in total. The van der Waals surface area contributed by atoms with Gasteiger partial charge in [0.1, 0.15) is 18.6 Å². The molecule has 1 aromatic carbocycles. The van der Waals surface area contributed by atoms with Gasteiger partial charge in [-0.1, -0.05) is 41.9 Å². The maximum Gasteiger partial charge on any atom is 0.154 e. The van der Waals surface area contributed by atoms with Gasteiger partial charge in [-0.25, -0.2) is 4.68 Å². The normalized spacial score (nSPS) is 11.4. The Morgan fingerprint density at radius 2 is 2.08 bits per heavy atom. The van der Waals surface area contributed by atoms with Crippen LogP contribution in [0.4, 0.5) is 0 Å². The van der Waals surface area contributed by atoms with E-state index in [0.29, 0.717) is 6.54 Å². The van der Waals surface area contributed by atoms with Crippen LogP contribution >= 0.6 is 22.9 Å². The molecule has 3 aromatic heterocycles. The average Bonchev–Trinajstić information content (AvgIpc) is 3.29. The van der Waals surface area contributed by atoms with E-state index in [1.165, 1.54) is 0 Å². The Morgan fingerprint density at radius 3 is 2.92 bits per heavy atom. The summed E-state index contributed by atoms with van der Waals surface area (Å²) >= 11 is 8.15. The lowest BCUT2D eigenvalue weighted by atomic mass is 10.2. The van der Waals surface area contributed by atoms with E-state index in [2.05, 4.69) is 33.5 Å². The van der Waals surface area contributed by atoms with Gasteiger partial charge in [-0.15, -0.1) is 26.6 Å². The molecule has 8 heteroatoms. The van der Waals surface area contributed by atoms with Gasteiger partial charge in [-0.3, -0.25) is 0 Å². The predicted octanol–water partition coefficient (Wildman–Crippen LogP) is 3.86. The molecular weight excluding hydrogens is 344 g/mol. The van der Waals surface area contributed by atoms with Gasteiger partial charge in [0, 0.05) is 16.6 Å². The maximum absolute atomic E-state index is 6.52. The largest absolute Gasteiger partial charge is 0.316 e. The molecule has 0 bridgehead atoms. The Labute approximate surface area is 147 Å². The van der Waals surface area contributed by atoms with Gasteiger partial charge in [-0.05, 0) is 12.5 Å². The van der Waals surface area contributed by atoms with Crippen LogP contribution in [-0.4, -0.2) is 29.8 Å². The molecule has 0 saturated heterocycles. The molecule has 0 aliphatic carbocycles. The van der Waals surface area contributed by atoms with Crippen LogP contribution < -0.4 is 0 Å². The van der Waals surface area contributed by atoms with E-state index in [1.54, 1.807) is 22.3 Å². The van der Waals surface area contributed by atoms with Crippen LogP contribution in [-0.2, 0) is 13.1 Å². The van der Waals surface area contributed by atoms with Gasteiger partial charge >= 0.3 is 0 Å². The van der Waals surface area contributed by atoms with Crippen LogP contribution in [0.5, 0.6) is 0 Å². The zero-order chi connectivity index (χ0) is 16.5. The number of hydrogen-bond donors (Lipinski definition) is 0. The van der Waals surface area contributed by atoms with E-state index >= 15 is 0 Å². The number of thiophene rings is 1. The number of halogens is 1. The molecule has 4 rings (SSSR count). The van der Waals surface area contributed by atoms with Gasteiger partial charge in [0.25, 0.3) is 0 Å². The Bertz CT molecular complexity index is 985. The third kappa shape index (κ3) is 2.70. The molecule has 4 aromatic rings. The van der Waals surface area contributed by atoms with E-state index in [0.717, 1.165) is 44.5 Å². The molecule has 122 valence electrons. The van der Waals surface area contributed by atoms with Crippen molar-refractivity contribution < 1.29 is 0 Å². The summed E-state index contributed by atoms with van der Waals surface area (Å²) in [6, 6.07) is 8.08. The lowest BCUT2D eigenvalue weighted by Gasteiger charge is -2.03. The van der Waals surface area contributed by atoms with E-state index in [9.17, 15) is 0 Å². The lowest BCUT2D eigenvalue weighted by molar-refractivity contribution is 0.570. The molecule has 0 spiro atoms. The molecule has 0 N–H and O–H groups in total. The van der Waals surface area contributed by atoms with Crippen molar-refractivity contribution in [3.05, 3.63) is 47.6 Å². The summed E-state index contributed by atoms with van der Waals surface area (Å²) in [5.41, 5.74) is 0.780. The van der Waals surface area contributed by atoms with Crippen LogP contribution in [0.15, 0.2) is 36.8 Å². The summed E-state index contributed by atoms with van der Waals surface area (Å²) in [6.07, 6.45) is 4.69. The molecule has 0 aliphatic rings. The molecule has 24 heavy (non-hydrogen) atoms. The first-order valence-electron chi connectivity index (χ1n) is 7.70. The summed E-state index contributed by atoms with van der Waals surface area (Å²) in [6.45, 7) is 3.56. The van der Waals surface area contributed by atoms with E-state index in [1.807, 2.05) is 29.0 Å². The van der Waals surface area contributed by atoms with Gasteiger partial charge in [0.15, 0.2) is 5.82 Å². The molecule has 0 fully saturated rings. The van der Waals surface area contributed by atoms with Crippen molar-refractivity contribution in [2.75, 3.05) is 0 Å². The number of fused-ring (bicyclic) bond motifs is 1. The van der Waals surface area contributed by atoms with Crippen molar-refractivity contribution >= 4 is 33.0 Å². The number of hydrogen-bond acceptors (Lipinski definition) is 5.